The number of methoxy groups -OCH3 is 2. The van der Waals surface area contributed by atoms with Gasteiger partial charge < -0.3 is 23.8 Å². The summed E-state index contributed by atoms with van der Waals surface area (Å²) < 4.78 is 12.6. The zero-order valence-corrected chi connectivity index (χ0v) is 21.7. The van der Waals surface area contributed by atoms with Gasteiger partial charge in [0.2, 0.25) is 5.91 Å². The first-order valence-electron chi connectivity index (χ1n) is 12.3. The summed E-state index contributed by atoms with van der Waals surface area (Å²) in [6.07, 6.45) is 2.68. The highest BCUT2D eigenvalue weighted by Crippen LogP contribution is 2.17. The van der Waals surface area contributed by atoms with Crippen LogP contribution in [0, 0.1) is 0 Å². The summed E-state index contributed by atoms with van der Waals surface area (Å²) in [6, 6.07) is 21.3. The highest BCUT2D eigenvalue weighted by Gasteiger charge is 2.25. The Morgan fingerprint density at radius 3 is 2.44 bits per heavy atom. The number of amides is 2. The molecule has 0 saturated carbocycles. The molecule has 3 rings (SSSR count). The van der Waals surface area contributed by atoms with Gasteiger partial charge in [0.1, 0.15) is 12.3 Å². The Kier molecular flexibility index (Phi) is 10.1. The summed E-state index contributed by atoms with van der Waals surface area (Å²) >= 11 is 0. The van der Waals surface area contributed by atoms with Gasteiger partial charge in [-0.15, -0.1) is 0 Å². The van der Waals surface area contributed by atoms with Crippen molar-refractivity contribution in [1.82, 2.24) is 14.4 Å². The van der Waals surface area contributed by atoms with Gasteiger partial charge in [0.25, 0.3) is 5.91 Å². The van der Waals surface area contributed by atoms with Gasteiger partial charge in [-0.25, -0.2) is 0 Å². The molecule has 7 nitrogen and oxygen atoms in total. The molecule has 0 aliphatic heterocycles. The summed E-state index contributed by atoms with van der Waals surface area (Å²) in [6.45, 7) is 6.14. The van der Waals surface area contributed by atoms with Crippen LogP contribution in [0.5, 0.6) is 5.75 Å². The Morgan fingerprint density at radius 1 is 0.972 bits per heavy atom. The molecule has 0 aliphatic rings. The molecule has 2 aromatic carbocycles. The Bertz CT molecular complexity index is 1110. The standard InChI is InChI=1S/C29H37N3O4/c1-23(2)32(21-26-14-9-16-30(26)20-24-11-6-5-7-12-24)28(33)22-31(17-10-18-35-3)29(34)25-13-8-15-27(19-25)36-4/h5-9,11-16,19,23H,10,17-18,20-22H2,1-4H3. The van der Waals surface area contributed by atoms with Crippen LogP contribution in [0.3, 0.4) is 0 Å². The molecular formula is C29H37N3O4. The van der Waals surface area contributed by atoms with Gasteiger partial charge in [-0.3, -0.25) is 9.59 Å². The van der Waals surface area contributed by atoms with E-state index in [0.717, 1.165) is 12.2 Å². The smallest absolute Gasteiger partial charge is 0.254 e. The summed E-state index contributed by atoms with van der Waals surface area (Å²) in [5, 5.41) is 0. The maximum absolute atomic E-state index is 13.5. The minimum absolute atomic E-state index is 0.00265. The molecule has 7 heteroatoms. The van der Waals surface area contributed by atoms with E-state index in [9.17, 15) is 9.59 Å². The van der Waals surface area contributed by atoms with Gasteiger partial charge in [0, 0.05) is 50.3 Å². The van der Waals surface area contributed by atoms with Crippen LogP contribution < -0.4 is 4.74 Å². The summed E-state index contributed by atoms with van der Waals surface area (Å²) in [5.74, 6) is 0.313. The zero-order chi connectivity index (χ0) is 25.9. The predicted octanol–water partition coefficient (Wildman–Crippen LogP) is 4.46. The molecule has 0 unspecified atom stereocenters. The highest BCUT2D eigenvalue weighted by atomic mass is 16.5. The zero-order valence-electron chi connectivity index (χ0n) is 21.7. The summed E-state index contributed by atoms with van der Waals surface area (Å²) in [5.41, 5.74) is 2.74. The van der Waals surface area contributed by atoms with Crippen LogP contribution in [0.4, 0.5) is 0 Å². The minimum atomic E-state index is -0.200. The van der Waals surface area contributed by atoms with Crippen molar-refractivity contribution in [3.63, 3.8) is 0 Å². The molecule has 1 aromatic heterocycles. The van der Waals surface area contributed by atoms with Gasteiger partial charge in [0.15, 0.2) is 0 Å². The molecule has 0 spiro atoms. The Morgan fingerprint density at radius 2 is 1.75 bits per heavy atom. The molecule has 0 radical (unpaired) electrons. The number of carbonyl (C=O) groups excluding carboxylic acids is 2. The van der Waals surface area contributed by atoms with E-state index in [4.69, 9.17) is 9.47 Å². The molecule has 0 N–H and O–H groups in total. The number of aromatic nitrogens is 1. The van der Waals surface area contributed by atoms with Crippen LogP contribution in [-0.4, -0.2) is 66.1 Å². The van der Waals surface area contributed by atoms with Crippen molar-refractivity contribution in [2.45, 2.75) is 39.4 Å². The van der Waals surface area contributed by atoms with Crippen molar-refractivity contribution in [3.8, 4) is 5.75 Å². The molecule has 0 saturated heterocycles. The van der Waals surface area contributed by atoms with Gasteiger partial charge in [0.05, 0.1) is 13.7 Å². The van der Waals surface area contributed by atoms with Gasteiger partial charge in [-0.05, 0) is 56.2 Å². The Hall–Kier alpha value is -3.58. The minimum Gasteiger partial charge on any atom is -0.497 e. The number of carbonyl (C=O) groups is 2. The second kappa shape index (κ2) is 13.5. The number of rotatable bonds is 13. The fourth-order valence-corrected chi connectivity index (χ4v) is 4.11. The molecule has 3 aromatic rings. The van der Waals surface area contributed by atoms with Crippen LogP contribution in [0.25, 0.3) is 0 Å². The third-order valence-corrected chi connectivity index (χ3v) is 6.10. The summed E-state index contributed by atoms with van der Waals surface area (Å²) in [7, 11) is 3.20. The first-order valence-corrected chi connectivity index (χ1v) is 12.3. The maximum atomic E-state index is 13.5. The molecule has 1 heterocycles. The number of ether oxygens (including phenoxy) is 2. The first-order chi connectivity index (χ1) is 17.4. The van der Waals surface area contributed by atoms with Crippen LogP contribution in [0.2, 0.25) is 0 Å². The van der Waals surface area contributed by atoms with Crippen LogP contribution >= 0.6 is 0 Å². The number of benzene rings is 2. The lowest BCUT2D eigenvalue weighted by molar-refractivity contribution is -0.134. The van der Waals surface area contributed by atoms with Crippen LogP contribution in [0.1, 0.15) is 41.9 Å². The average Bonchev–Trinajstić information content (AvgIpc) is 3.33. The number of hydrogen-bond donors (Lipinski definition) is 0. The Balaban J connectivity index is 1.76. The largest absolute Gasteiger partial charge is 0.497 e. The van der Waals surface area contributed by atoms with Crippen molar-refractivity contribution < 1.29 is 19.1 Å². The first kappa shape index (κ1) is 27.0. The van der Waals surface area contributed by atoms with Gasteiger partial charge in [-0.1, -0.05) is 36.4 Å². The summed E-state index contributed by atoms with van der Waals surface area (Å²) in [4.78, 5) is 30.4. The van der Waals surface area contributed by atoms with Crippen LogP contribution in [0.15, 0.2) is 72.9 Å². The monoisotopic (exact) mass is 491 g/mol. The van der Waals surface area contributed by atoms with E-state index in [-0.39, 0.29) is 24.4 Å². The molecule has 36 heavy (non-hydrogen) atoms. The second-order valence-electron chi connectivity index (χ2n) is 9.03. The molecule has 0 atom stereocenters. The van der Waals surface area contributed by atoms with E-state index in [1.54, 1.807) is 43.4 Å². The van der Waals surface area contributed by atoms with Crippen molar-refractivity contribution >= 4 is 11.8 Å². The second-order valence-corrected chi connectivity index (χ2v) is 9.03. The van der Waals surface area contributed by atoms with E-state index >= 15 is 0 Å². The number of hydrogen-bond acceptors (Lipinski definition) is 4. The van der Waals surface area contributed by atoms with E-state index in [1.165, 1.54) is 5.56 Å². The Labute approximate surface area is 214 Å². The lowest BCUT2D eigenvalue weighted by Crippen LogP contribution is -2.45. The molecule has 0 aliphatic carbocycles. The fraction of sp³-hybridized carbons (Fsp3) is 0.379. The van der Waals surface area contributed by atoms with Gasteiger partial charge in [-0.2, -0.15) is 0 Å². The fourth-order valence-electron chi connectivity index (χ4n) is 4.11. The lowest BCUT2D eigenvalue weighted by atomic mass is 10.1. The van der Waals surface area contributed by atoms with Crippen LogP contribution in [-0.2, 0) is 22.6 Å². The quantitative estimate of drug-likeness (QED) is 0.331. The van der Waals surface area contributed by atoms with Crippen molar-refractivity contribution in [2.24, 2.45) is 0 Å². The number of nitrogens with zero attached hydrogens (tertiary/aromatic N) is 3. The third kappa shape index (κ3) is 7.46. The maximum Gasteiger partial charge on any atom is 0.254 e. The highest BCUT2D eigenvalue weighted by molar-refractivity contribution is 5.96. The molecular weight excluding hydrogens is 454 g/mol. The van der Waals surface area contributed by atoms with E-state index in [1.807, 2.05) is 55.3 Å². The average molecular weight is 492 g/mol. The molecule has 2 amide bonds. The SMILES string of the molecule is COCCCN(CC(=O)N(Cc1cccn1Cc1ccccc1)C(C)C)C(=O)c1cccc(OC)c1. The van der Waals surface area contributed by atoms with E-state index < -0.39 is 0 Å². The predicted molar refractivity (Wildman–Crippen MR) is 141 cm³/mol. The lowest BCUT2D eigenvalue weighted by Gasteiger charge is -2.31. The normalized spacial score (nSPS) is 10.9. The van der Waals surface area contributed by atoms with E-state index in [0.29, 0.717) is 37.4 Å². The van der Waals surface area contributed by atoms with Gasteiger partial charge >= 0.3 is 0 Å². The third-order valence-electron chi connectivity index (χ3n) is 6.10. The van der Waals surface area contributed by atoms with Crippen molar-refractivity contribution in [1.29, 1.82) is 0 Å². The van der Waals surface area contributed by atoms with E-state index in [2.05, 4.69) is 16.7 Å². The molecule has 192 valence electrons. The molecule has 0 fully saturated rings. The molecule has 0 bridgehead atoms. The topological polar surface area (TPSA) is 64.0 Å². The van der Waals surface area contributed by atoms with Crippen molar-refractivity contribution in [2.75, 3.05) is 33.9 Å². The van der Waals surface area contributed by atoms with Crippen molar-refractivity contribution in [3.05, 3.63) is 89.7 Å².